The number of hydrogen-bond acceptors (Lipinski definition) is 3. The van der Waals surface area contributed by atoms with E-state index in [2.05, 4.69) is 42.6 Å². The molecule has 0 aliphatic heterocycles. The third-order valence-corrected chi connectivity index (χ3v) is 4.14. The maximum Gasteiger partial charge on any atom is 0.156 e. The predicted molar refractivity (Wildman–Crippen MR) is 94.7 cm³/mol. The number of thioether (sulfide) groups is 1. The minimum atomic E-state index is 0.479. The third kappa shape index (κ3) is 4.80. The van der Waals surface area contributed by atoms with E-state index in [0.717, 1.165) is 23.4 Å². The molecule has 0 aromatic heterocycles. The van der Waals surface area contributed by atoms with Crippen LogP contribution in [0.4, 0.5) is 5.69 Å². The Hall–Kier alpha value is -1.45. The summed E-state index contributed by atoms with van der Waals surface area (Å²) in [7, 11) is 0. The summed E-state index contributed by atoms with van der Waals surface area (Å²) < 4.78 is 0. The lowest BCUT2D eigenvalue weighted by molar-refractivity contribution is 1.12. The number of anilines is 1. The fourth-order valence-corrected chi connectivity index (χ4v) is 2.85. The first-order valence-electron chi connectivity index (χ1n) is 7.04. The SMILES string of the molecule is CCSc1cc(CC)cc(C(Cl)=NNc2ccccc2)c1. The molecule has 0 aliphatic carbocycles. The van der Waals surface area contributed by atoms with Crippen LogP contribution >= 0.6 is 23.4 Å². The summed E-state index contributed by atoms with van der Waals surface area (Å²) >= 11 is 8.15. The van der Waals surface area contributed by atoms with Crippen LogP contribution in [0, 0.1) is 0 Å². The van der Waals surface area contributed by atoms with E-state index in [9.17, 15) is 0 Å². The normalized spacial score (nSPS) is 11.5. The standard InChI is InChI=1S/C17H19ClN2S/c1-3-13-10-14(12-16(11-13)21-4-2)17(18)20-19-15-8-6-5-7-9-15/h5-12,19H,3-4H2,1-2H3. The zero-order chi connectivity index (χ0) is 15.1. The Morgan fingerprint density at radius 1 is 1.14 bits per heavy atom. The number of benzene rings is 2. The first kappa shape index (κ1) is 15.9. The lowest BCUT2D eigenvalue weighted by Gasteiger charge is -2.07. The number of rotatable bonds is 6. The van der Waals surface area contributed by atoms with Gasteiger partial charge >= 0.3 is 0 Å². The molecule has 4 heteroatoms. The van der Waals surface area contributed by atoms with Crippen molar-refractivity contribution in [2.45, 2.75) is 25.2 Å². The fraction of sp³-hybridized carbons (Fsp3) is 0.235. The highest BCUT2D eigenvalue weighted by molar-refractivity contribution is 7.99. The van der Waals surface area contributed by atoms with Crippen LogP contribution in [0.15, 0.2) is 58.5 Å². The van der Waals surface area contributed by atoms with Crippen molar-refractivity contribution in [2.24, 2.45) is 5.10 Å². The summed E-state index contributed by atoms with van der Waals surface area (Å²) in [6, 6.07) is 16.2. The second kappa shape index (κ2) is 8.11. The van der Waals surface area contributed by atoms with E-state index < -0.39 is 0 Å². The quantitative estimate of drug-likeness (QED) is 0.439. The van der Waals surface area contributed by atoms with Crippen LogP contribution in [-0.4, -0.2) is 10.9 Å². The van der Waals surface area contributed by atoms with Gasteiger partial charge in [-0.1, -0.05) is 43.6 Å². The minimum Gasteiger partial charge on any atom is -0.277 e. The first-order chi connectivity index (χ1) is 10.2. The van der Waals surface area contributed by atoms with Gasteiger partial charge in [-0.05, 0) is 48.1 Å². The van der Waals surface area contributed by atoms with Gasteiger partial charge in [0, 0.05) is 10.5 Å². The highest BCUT2D eigenvalue weighted by atomic mass is 35.5. The molecule has 2 rings (SSSR count). The molecule has 0 aliphatic rings. The van der Waals surface area contributed by atoms with Crippen molar-refractivity contribution >= 4 is 34.2 Å². The largest absolute Gasteiger partial charge is 0.277 e. The highest BCUT2D eigenvalue weighted by Gasteiger charge is 2.05. The zero-order valence-corrected chi connectivity index (χ0v) is 13.8. The molecule has 1 N–H and O–H groups in total. The van der Waals surface area contributed by atoms with E-state index in [4.69, 9.17) is 11.6 Å². The maximum absolute atomic E-state index is 6.34. The number of para-hydroxylation sites is 1. The molecule has 110 valence electrons. The summed E-state index contributed by atoms with van der Waals surface area (Å²) in [4.78, 5) is 1.24. The number of nitrogens with zero attached hydrogens (tertiary/aromatic N) is 1. The molecule has 0 saturated carbocycles. The summed E-state index contributed by atoms with van der Waals surface area (Å²) in [5, 5.41) is 4.74. The Morgan fingerprint density at radius 2 is 1.90 bits per heavy atom. The lowest BCUT2D eigenvalue weighted by Crippen LogP contribution is -1.99. The number of hydrazone groups is 1. The molecule has 0 heterocycles. The lowest BCUT2D eigenvalue weighted by atomic mass is 10.1. The van der Waals surface area contributed by atoms with E-state index in [1.807, 2.05) is 42.1 Å². The van der Waals surface area contributed by atoms with E-state index in [1.54, 1.807) is 0 Å². The van der Waals surface area contributed by atoms with Crippen LogP contribution < -0.4 is 5.43 Å². The van der Waals surface area contributed by atoms with Crippen molar-refractivity contribution < 1.29 is 0 Å². The maximum atomic E-state index is 6.34. The third-order valence-electron chi connectivity index (χ3n) is 2.98. The minimum absolute atomic E-state index is 0.479. The van der Waals surface area contributed by atoms with Gasteiger partial charge in [0.05, 0.1) is 5.69 Å². The fourth-order valence-electron chi connectivity index (χ4n) is 1.92. The summed E-state index contributed by atoms with van der Waals surface area (Å²) in [6.07, 6.45) is 0.987. The molecule has 0 amide bonds. The summed E-state index contributed by atoms with van der Waals surface area (Å²) in [5.74, 6) is 1.05. The van der Waals surface area contributed by atoms with Crippen molar-refractivity contribution in [3.8, 4) is 0 Å². The Balaban J connectivity index is 2.21. The van der Waals surface area contributed by atoms with Gasteiger partial charge in [0.15, 0.2) is 5.17 Å². The van der Waals surface area contributed by atoms with Gasteiger partial charge in [0.25, 0.3) is 0 Å². The molecule has 0 atom stereocenters. The topological polar surface area (TPSA) is 24.4 Å². The van der Waals surface area contributed by atoms with Gasteiger partial charge in [-0.2, -0.15) is 5.10 Å². The average molecular weight is 319 g/mol. The van der Waals surface area contributed by atoms with E-state index >= 15 is 0 Å². The van der Waals surface area contributed by atoms with Crippen molar-refractivity contribution in [1.82, 2.24) is 0 Å². The van der Waals surface area contributed by atoms with Gasteiger partial charge in [0.1, 0.15) is 0 Å². The molecule has 21 heavy (non-hydrogen) atoms. The molecular weight excluding hydrogens is 300 g/mol. The van der Waals surface area contributed by atoms with E-state index in [0.29, 0.717) is 5.17 Å². The Bertz CT molecular complexity index is 611. The second-order valence-corrected chi connectivity index (χ2v) is 6.23. The number of hydrogen-bond donors (Lipinski definition) is 1. The van der Waals surface area contributed by atoms with Crippen LogP contribution in [0.1, 0.15) is 25.0 Å². The highest BCUT2D eigenvalue weighted by Crippen LogP contribution is 2.23. The van der Waals surface area contributed by atoms with Crippen LogP contribution in [0.2, 0.25) is 0 Å². The summed E-state index contributed by atoms with van der Waals surface area (Å²) in [6.45, 7) is 4.29. The first-order valence-corrected chi connectivity index (χ1v) is 8.40. The predicted octanol–water partition coefficient (Wildman–Crippen LogP) is 5.37. The molecule has 0 radical (unpaired) electrons. The summed E-state index contributed by atoms with van der Waals surface area (Å²) in [5.41, 5.74) is 6.13. The van der Waals surface area contributed by atoms with Gasteiger partial charge < -0.3 is 0 Å². The van der Waals surface area contributed by atoms with Gasteiger partial charge in [-0.3, -0.25) is 5.43 Å². The van der Waals surface area contributed by atoms with Gasteiger partial charge in [0.2, 0.25) is 0 Å². The Labute approximate surface area is 135 Å². The van der Waals surface area contributed by atoms with Crippen molar-refractivity contribution in [2.75, 3.05) is 11.2 Å². The van der Waals surface area contributed by atoms with Gasteiger partial charge in [-0.15, -0.1) is 11.8 Å². The van der Waals surface area contributed by atoms with Crippen molar-refractivity contribution in [3.05, 3.63) is 59.7 Å². The van der Waals surface area contributed by atoms with Crippen LogP contribution in [0.3, 0.4) is 0 Å². The molecule has 0 fully saturated rings. The van der Waals surface area contributed by atoms with Crippen molar-refractivity contribution in [1.29, 1.82) is 0 Å². The van der Waals surface area contributed by atoms with Crippen LogP contribution in [0.25, 0.3) is 0 Å². The molecular formula is C17H19ClN2S. The molecule has 0 unspecified atom stereocenters. The molecule has 2 nitrogen and oxygen atoms in total. The molecule has 2 aromatic carbocycles. The Kier molecular flexibility index (Phi) is 6.15. The second-order valence-electron chi connectivity index (χ2n) is 4.53. The monoisotopic (exact) mass is 318 g/mol. The van der Waals surface area contributed by atoms with Crippen LogP contribution in [0.5, 0.6) is 0 Å². The van der Waals surface area contributed by atoms with E-state index in [-0.39, 0.29) is 0 Å². The number of aryl methyl sites for hydroxylation is 1. The molecule has 0 saturated heterocycles. The number of halogens is 1. The molecule has 2 aromatic rings. The molecule has 0 bridgehead atoms. The average Bonchev–Trinajstić information content (AvgIpc) is 2.53. The van der Waals surface area contributed by atoms with E-state index in [1.165, 1.54) is 10.5 Å². The molecule has 0 spiro atoms. The van der Waals surface area contributed by atoms with Crippen molar-refractivity contribution in [3.63, 3.8) is 0 Å². The number of nitrogens with one attached hydrogen (secondary N) is 1. The van der Waals surface area contributed by atoms with Gasteiger partial charge in [-0.25, -0.2) is 0 Å². The Morgan fingerprint density at radius 3 is 2.57 bits per heavy atom. The smallest absolute Gasteiger partial charge is 0.156 e. The zero-order valence-electron chi connectivity index (χ0n) is 12.3. The van der Waals surface area contributed by atoms with Crippen LogP contribution in [-0.2, 0) is 6.42 Å².